The van der Waals surface area contributed by atoms with Crippen LogP contribution in [0, 0.1) is 17.1 Å². The van der Waals surface area contributed by atoms with Crippen molar-refractivity contribution in [1.82, 2.24) is 9.55 Å². The van der Waals surface area contributed by atoms with Crippen LogP contribution in [0.2, 0.25) is 0 Å². The second kappa shape index (κ2) is 5.99. The maximum atomic E-state index is 13.5. The molecule has 0 aliphatic carbocycles. The monoisotopic (exact) mass is 308 g/mol. The van der Waals surface area contributed by atoms with E-state index in [1.54, 1.807) is 24.3 Å². The first-order valence-electron chi connectivity index (χ1n) is 7.06. The van der Waals surface area contributed by atoms with Gasteiger partial charge in [0.2, 0.25) is 0 Å². The lowest BCUT2D eigenvalue weighted by Gasteiger charge is -2.13. The first kappa shape index (κ1) is 14.9. The van der Waals surface area contributed by atoms with Crippen molar-refractivity contribution in [3.63, 3.8) is 0 Å². The molecule has 0 fully saturated rings. The molecule has 0 bridgehead atoms. The molecule has 0 unspecified atom stereocenters. The molecule has 0 aliphatic heterocycles. The maximum absolute atomic E-state index is 13.5. The van der Waals surface area contributed by atoms with Crippen molar-refractivity contribution in [3.8, 4) is 11.8 Å². The number of fused-ring (bicyclic) bond motifs is 1. The van der Waals surface area contributed by atoms with Crippen LogP contribution < -0.4 is 11.3 Å². The molecule has 1 heterocycles. The fourth-order valence-corrected chi connectivity index (χ4v) is 2.48. The van der Waals surface area contributed by atoms with E-state index in [9.17, 15) is 9.18 Å². The maximum Gasteiger partial charge on any atom is 0.266 e. The number of nitriles is 1. The molecule has 2 aromatic carbocycles. The zero-order valence-electron chi connectivity index (χ0n) is 12.2. The molecule has 0 radical (unpaired) electrons. The van der Waals surface area contributed by atoms with Crippen molar-refractivity contribution in [1.29, 1.82) is 5.26 Å². The lowest BCUT2D eigenvalue weighted by Crippen LogP contribution is -2.25. The Bertz CT molecular complexity index is 988. The fourth-order valence-electron chi connectivity index (χ4n) is 2.48. The van der Waals surface area contributed by atoms with Gasteiger partial charge in [-0.25, -0.2) is 9.37 Å². The zero-order chi connectivity index (χ0) is 16.4. The van der Waals surface area contributed by atoms with Crippen LogP contribution in [0.4, 0.5) is 4.39 Å². The van der Waals surface area contributed by atoms with E-state index in [-0.39, 0.29) is 10.9 Å². The van der Waals surface area contributed by atoms with Crippen molar-refractivity contribution in [3.05, 3.63) is 70.0 Å². The predicted octanol–water partition coefficient (Wildman–Crippen LogP) is 1.90. The van der Waals surface area contributed by atoms with Crippen LogP contribution in [0.1, 0.15) is 11.4 Å². The van der Waals surface area contributed by atoms with Crippen LogP contribution >= 0.6 is 0 Å². The molecule has 3 aromatic rings. The third-order valence-corrected chi connectivity index (χ3v) is 3.50. The molecule has 0 saturated carbocycles. The van der Waals surface area contributed by atoms with Gasteiger partial charge in [-0.1, -0.05) is 6.07 Å². The van der Waals surface area contributed by atoms with Crippen molar-refractivity contribution in [2.24, 2.45) is 5.73 Å². The summed E-state index contributed by atoms with van der Waals surface area (Å²) < 4.78 is 14.9. The Kier molecular flexibility index (Phi) is 3.87. The molecule has 0 amide bonds. The van der Waals surface area contributed by atoms with Crippen molar-refractivity contribution >= 4 is 10.9 Å². The van der Waals surface area contributed by atoms with Crippen LogP contribution in [-0.2, 0) is 6.42 Å². The lowest BCUT2D eigenvalue weighted by atomic mass is 10.2. The third kappa shape index (κ3) is 2.70. The summed E-state index contributed by atoms with van der Waals surface area (Å²) in [4.78, 5) is 17.2. The molecular formula is C17H13FN4O. The van der Waals surface area contributed by atoms with E-state index in [1.807, 2.05) is 6.07 Å². The van der Waals surface area contributed by atoms with Gasteiger partial charge >= 0.3 is 0 Å². The smallest absolute Gasteiger partial charge is 0.266 e. The number of halogens is 1. The second-order valence-electron chi connectivity index (χ2n) is 5.03. The zero-order valence-corrected chi connectivity index (χ0v) is 12.2. The summed E-state index contributed by atoms with van der Waals surface area (Å²) in [6, 6.07) is 12.6. The summed E-state index contributed by atoms with van der Waals surface area (Å²) in [5.41, 5.74) is 6.59. The van der Waals surface area contributed by atoms with Gasteiger partial charge in [-0.3, -0.25) is 9.36 Å². The number of nitrogens with two attached hydrogens (primary N) is 1. The number of aromatic nitrogens is 2. The Morgan fingerprint density at radius 1 is 1.26 bits per heavy atom. The van der Waals surface area contributed by atoms with Crippen LogP contribution in [-0.4, -0.2) is 16.1 Å². The standard InChI is InChI=1S/C17H13FN4O/c18-12-4-5-15-14(9-12)17(23)22(16(21-15)6-7-19)13-3-1-2-11(8-13)10-20/h1-5,8-9H,6-7,19H2. The van der Waals surface area contributed by atoms with Crippen molar-refractivity contribution < 1.29 is 4.39 Å². The molecule has 3 rings (SSSR count). The average molecular weight is 308 g/mol. The topological polar surface area (TPSA) is 84.7 Å². The van der Waals surface area contributed by atoms with E-state index in [1.165, 1.54) is 22.8 Å². The molecule has 1 aromatic heterocycles. The Balaban J connectivity index is 2.37. The number of hydrogen-bond acceptors (Lipinski definition) is 4. The van der Waals surface area contributed by atoms with Gasteiger partial charge < -0.3 is 5.73 Å². The minimum absolute atomic E-state index is 0.188. The van der Waals surface area contributed by atoms with E-state index >= 15 is 0 Å². The van der Waals surface area contributed by atoms with Gasteiger partial charge in [-0.15, -0.1) is 0 Å². The molecule has 23 heavy (non-hydrogen) atoms. The summed E-state index contributed by atoms with van der Waals surface area (Å²) in [5, 5.41) is 9.22. The minimum Gasteiger partial charge on any atom is -0.330 e. The molecule has 0 saturated heterocycles. The van der Waals surface area contributed by atoms with Crippen LogP contribution in [0.25, 0.3) is 16.6 Å². The molecule has 6 heteroatoms. The van der Waals surface area contributed by atoms with Gasteiger partial charge in [0.1, 0.15) is 11.6 Å². The van der Waals surface area contributed by atoms with Gasteiger partial charge in [0.15, 0.2) is 0 Å². The molecule has 0 spiro atoms. The first-order chi connectivity index (χ1) is 11.1. The number of hydrogen-bond donors (Lipinski definition) is 1. The molecule has 0 atom stereocenters. The van der Waals surface area contributed by atoms with Crippen molar-refractivity contribution in [2.45, 2.75) is 6.42 Å². The van der Waals surface area contributed by atoms with E-state index < -0.39 is 5.82 Å². The first-order valence-corrected chi connectivity index (χ1v) is 7.06. The molecule has 114 valence electrons. The number of benzene rings is 2. The Morgan fingerprint density at radius 3 is 2.83 bits per heavy atom. The van der Waals surface area contributed by atoms with Gasteiger partial charge in [0.05, 0.1) is 28.2 Å². The van der Waals surface area contributed by atoms with Gasteiger partial charge in [-0.05, 0) is 42.9 Å². The van der Waals surface area contributed by atoms with Crippen LogP contribution in [0.5, 0.6) is 0 Å². The fraction of sp³-hybridized carbons (Fsp3) is 0.118. The normalized spacial score (nSPS) is 10.7. The van der Waals surface area contributed by atoms with Gasteiger partial charge in [0, 0.05) is 6.42 Å². The van der Waals surface area contributed by atoms with E-state index in [0.717, 1.165) is 0 Å². The molecular weight excluding hydrogens is 295 g/mol. The molecule has 5 nitrogen and oxygen atoms in total. The Labute approximate surface area is 131 Å². The highest BCUT2D eigenvalue weighted by Gasteiger charge is 2.13. The quantitative estimate of drug-likeness (QED) is 0.801. The number of nitrogens with zero attached hydrogens (tertiary/aromatic N) is 3. The molecule has 0 aliphatic rings. The second-order valence-corrected chi connectivity index (χ2v) is 5.03. The SMILES string of the molecule is N#Cc1cccc(-n2c(CCN)nc3ccc(F)cc3c2=O)c1. The highest BCUT2D eigenvalue weighted by molar-refractivity contribution is 5.78. The number of rotatable bonds is 3. The highest BCUT2D eigenvalue weighted by atomic mass is 19.1. The van der Waals surface area contributed by atoms with E-state index in [2.05, 4.69) is 4.98 Å². The summed E-state index contributed by atoms with van der Waals surface area (Å²) >= 11 is 0. The average Bonchev–Trinajstić information content (AvgIpc) is 2.56. The predicted molar refractivity (Wildman–Crippen MR) is 84.8 cm³/mol. The summed E-state index contributed by atoms with van der Waals surface area (Å²) in [6.45, 7) is 0.317. The lowest BCUT2D eigenvalue weighted by molar-refractivity contribution is 0.629. The summed E-state index contributed by atoms with van der Waals surface area (Å²) in [5.74, 6) is -0.0213. The Hall–Kier alpha value is -3.04. The summed E-state index contributed by atoms with van der Waals surface area (Å²) in [7, 11) is 0. The highest BCUT2D eigenvalue weighted by Crippen LogP contribution is 2.15. The van der Waals surface area contributed by atoms with Crippen LogP contribution in [0.3, 0.4) is 0 Å². The largest absolute Gasteiger partial charge is 0.330 e. The van der Waals surface area contributed by atoms with Crippen molar-refractivity contribution in [2.75, 3.05) is 6.54 Å². The summed E-state index contributed by atoms with van der Waals surface area (Å²) in [6.07, 6.45) is 0.388. The third-order valence-electron chi connectivity index (χ3n) is 3.50. The van der Waals surface area contributed by atoms with Gasteiger partial charge in [0.25, 0.3) is 5.56 Å². The Morgan fingerprint density at radius 2 is 2.09 bits per heavy atom. The van der Waals surface area contributed by atoms with Gasteiger partial charge in [-0.2, -0.15) is 5.26 Å². The van der Waals surface area contributed by atoms with E-state index in [4.69, 9.17) is 11.0 Å². The van der Waals surface area contributed by atoms with E-state index in [0.29, 0.717) is 35.6 Å². The molecule has 2 N–H and O–H groups in total. The van der Waals surface area contributed by atoms with Crippen LogP contribution in [0.15, 0.2) is 47.3 Å². The minimum atomic E-state index is -0.500.